The molecule has 6 heteroatoms. The molecule has 0 spiro atoms. The Balaban J connectivity index is 1.87. The van der Waals surface area contributed by atoms with Crippen LogP contribution in [0.5, 0.6) is 0 Å². The number of aryl methyl sites for hydroxylation is 2. The van der Waals surface area contributed by atoms with Gasteiger partial charge in [-0.2, -0.15) is 5.10 Å². The monoisotopic (exact) mass is 341 g/mol. The van der Waals surface area contributed by atoms with Crippen molar-refractivity contribution in [2.45, 2.75) is 42.3 Å². The zero-order chi connectivity index (χ0) is 15.0. The van der Waals surface area contributed by atoms with E-state index in [0.29, 0.717) is 16.1 Å². The van der Waals surface area contributed by atoms with E-state index in [1.807, 2.05) is 30.8 Å². The van der Waals surface area contributed by atoms with Crippen LogP contribution >= 0.6 is 35.0 Å². The summed E-state index contributed by atoms with van der Waals surface area (Å²) < 4.78 is 1.92. The van der Waals surface area contributed by atoms with Crippen molar-refractivity contribution >= 4 is 35.0 Å². The third kappa shape index (κ3) is 3.57. The lowest BCUT2D eigenvalue weighted by molar-refractivity contribution is 0.658. The van der Waals surface area contributed by atoms with Crippen LogP contribution in [0.1, 0.15) is 24.1 Å². The van der Waals surface area contributed by atoms with Gasteiger partial charge >= 0.3 is 0 Å². The normalized spacial score (nSPS) is 14.7. The van der Waals surface area contributed by atoms with Crippen molar-refractivity contribution in [3.8, 4) is 0 Å². The standard InChI is InChI=1S/C15H17Cl2N3S/c1-9-12(8-18-11-4-5-11)15(20(2)19-9)21-14-7-10(16)3-6-13(14)17/h3,6-7,11,18H,4-5,8H2,1-2H3. The minimum Gasteiger partial charge on any atom is -0.310 e. The first kappa shape index (κ1) is 15.2. The van der Waals surface area contributed by atoms with E-state index in [1.54, 1.807) is 17.8 Å². The number of benzene rings is 1. The number of aromatic nitrogens is 2. The predicted molar refractivity (Wildman–Crippen MR) is 88.4 cm³/mol. The van der Waals surface area contributed by atoms with E-state index in [0.717, 1.165) is 22.2 Å². The van der Waals surface area contributed by atoms with Gasteiger partial charge in [0.1, 0.15) is 5.03 Å². The molecule has 1 saturated carbocycles. The minimum atomic E-state index is 0.678. The maximum absolute atomic E-state index is 6.27. The third-order valence-corrected chi connectivity index (χ3v) is 5.47. The lowest BCUT2D eigenvalue weighted by Gasteiger charge is -2.09. The molecule has 0 amide bonds. The summed E-state index contributed by atoms with van der Waals surface area (Å²) in [4.78, 5) is 0.958. The molecule has 1 aromatic heterocycles. The first-order valence-corrected chi connectivity index (χ1v) is 8.50. The predicted octanol–water partition coefficient (Wildman–Crippen LogP) is 4.44. The lowest BCUT2D eigenvalue weighted by atomic mass is 10.2. The molecule has 0 aliphatic heterocycles. The number of nitrogens with zero attached hydrogens (tertiary/aromatic N) is 2. The zero-order valence-electron chi connectivity index (χ0n) is 12.0. The summed E-state index contributed by atoms with van der Waals surface area (Å²) >= 11 is 14.0. The van der Waals surface area contributed by atoms with Crippen LogP contribution in [0.3, 0.4) is 0 Å². The second-order valence-corrected chi connectivity index (χ2v) is 7.20. The molecule has 1 fully saturated rings. The van der Waals surface area contributed by atoms with Gasteiger partial charge in [-0.05, 0) is 38.0 Å². The van der Waals surface area contributed by atoms with Crippen molar-refractivity contribution in [1.29, 1.82) is 0 Å². The molecule has 1 heterocycles. The summed E-state index contributed by atoms with van der Waals surface area (Å²) in [5.41, 5.74) is 2.30. The van der Waals surface area contributed by atoms with Crippen molar-refractivity contribution in [1.82, 2.24) is 15.1 Å². The Hall–Kier alpha value is -0.680. The Morgan fingerprint density at radius 1 is 1.38 bits per heavy atom. The van der Waals surface area contributed by atoms with Gasteiger partial charge in [-0.15, -0.1) is 0 Å². The summed E-state index contributed by atoms with van der Waals surface area (Å²) in [6, 6.07) is 6.21. The average Bonchev–Trinajstić information content (AvgIpc) is 3.21. The SMILES string of the molecule is Cc1nn(C)c(Sc2cc(Cl)ccc2Cl)c1CNC1CC1. The van der Waals surface area contributed by atoms with E-state index in [4.69, 9.17) is 23.2 Å². The molecular formula is C15H17Cl2N3S. The maximum atomic E-state index is 6.27. The molecular weight excluding hydrogens is 325 g/mol. The van der Waals surface area contributed by atoms with Crippen molar-refractivity contribution in [2.75, 3.05) is 0 Å². The molecule has 1 aliphatic carbocycles. The van der Waals surface area contributed by atoms with Gasteiger partial charge < -0.3 is 5.32 Å². The number of halogens is 2. The molecule has 0 saturated heterocycles. The lowest BCUT2D eigenvalue weighted by Crippen LogP contribution is -2.16. The Morgan fingerprint density at radius 3 is 2.86 bits per heavy atom. The van der Waals surface area contributed by atoms with Gasteiger partial charge in [-0.25, -0.2) is 0 Å². The maximum Gasteiger partial charge on any atom is 0.103 e. The van der Waals surface area contributed by atoms with Crippen LogP contribution < -0.4 is 5.32 Å². The second kappa shape index (κ2) is 6.21. The molecule has 1 aliphatic rings. The van der Waals surface area contributed by atoms with Crippen LogP contribution in [0.15, 0.2) is 28.1 Å². The largest absolute Gasteiger partial charge is 0.310 e. The Bertz CT molecular complexity index is 665. The van der Waals surface area contributed by atoms with Gasteiger partial charge in [0, 0.05) is 35.1 Å². The van der Waals surface area contributed by atoms with E-state index < -0.39 is 0 Å². The topological polar surface area (TPSA) is 29.9 Å². The molecule has 0 atom stereocenters. The summed E-state index contributed by atoms with van der Waals surface area (Å²) in [5.74, 6) is 0. The van der Waals surface area contributed by atoms with Crippen molar-refractivity contribution in [3.63, 3.8) is 0 Å². The number of hydrogen-bond donors (Lipinski definition) is 1. The first-order valence-electron chi connectivity index (χ1n) is 6.93. The average molecular weight is 342 g/mol. The molecule has 3 nitrogen and oxygen atoms in total. The molecule has 1 aromatic carbocycles. The summed E-state index contributed by atoms with van der Waals surface area (Å²) in [5, 5.41) is 10.6. The smallest absolute Gasteiger partial charge is 0.103 e. The van der Waals surface area contributed by atoms with Gasteiger partial charge in [0.15, 0.2) is 0 Å². The zero-order valence-corrected chi connectivity index (χ0v) is 14.3. The quantitative estimate of drug-likeness (QED) is 0.871. The van der Waals surface area contributed by atoms with Gasteiger partial charge in [0.05, 0.1) is 10.7 Å². The van der Waals surface area contributed by atoms with Gasteiger partial charge in [-0.3, -0.25) is 4.68 Å². The summed E-state index contributed by atoms with van der Waals surface area (Å²) in [6.45, 7) is 2.90. The molecule has 1 N–H and O–H groups in total. The Morgan fingerprint density at radius 2 is 2.14 bits per heavy atom. The van der Waals surface area contributed by atoms with Gasteiger partial charge in [0.25, 0.3) is 0 Å². The van der Waals surface area contributed by atoms with E-state index in [9.17, 15) is 0 Å². The van der Waals surface area contributed by atoms with Crippen LogP contribution in [-0.4, -0.2) is 15.8 Å². The highest BCUT2D eigenvalue weighted by molar-refractivity contribution is 7.99. The van der Waals surface area contributed by atoms with Crippen LogP contribution in [0, 0.1) is 6.92 Å². The number of rotatable bonds is 5. The summed E-state index contributed by atoms with van der Waals surface area (Å²) in [6.07, 6.45) is 2.56. The fraction of sp³-hybridized carbons (Fsp3) is 0.400. The highest BCUT2D eigenvalue weighted by Gasteiger charge is 2.22. The fourth-order valence-electron chi connectivity index (χ4n) is 2.21. The van der Waals surface area contributed by atoms with Gasteiger partial charge in [0.2, 0.25) is 0 Å². The molecule has 3 rings (SSSR count). The van der Waals surface area contributed by atoms with E-state index in [2.05, 4.69) is 10.4 Å². The third-order valence-electron chi connectivity index (χ3n) is 3.53. The molecule has 21 heavy (non-hydrogen) atoms. The fourth-order valence-corrected chi connectivity index (χ4v) is 3.75. The van der Waals surface area contributed by atoms with E-state index >= 15 is 0 Å². The molecule has 112 valence electrons. The highest BCUT2D eigenvalue weighted by atomic mass is 35.5. The van der Waals surface area contributed by atoms with Crippen molar-refractivity contribution in [2.24, 2.45) is 7.05 Å². The van der Waals surface area contributed by atoms with Crippen LogP contribution in [0.2, 0.25) is 10.0 Å². The van der Waals surface area contributed by atoms with Gasteiger partial charge in [-0.1, -0.05) is 35.0 Å². The van der Waals surface area contributed by atoms with Crippen LogP contribution in [0.25, 0.3) is 0 Å². The molecule has 0 unspecified atom stereocenters. The van der Waals surface area contributed by atoms with E-state index in [1.165, 1.54) is 18.4 Å². The van der Waals surface area contributed by atoms with Crippen LogP contribution in [0.4, 0.5) is 0 Å². The Kier molecular flexibility index (Phi) is 4.50. The molecule has 0 radical (unpaired) electrons. The van der Waals surface area contributed by atoms with Crippen molar-refractivity contribution in [3.05, 3.63) is 39.5 Å². The van der Waals surface area contributed by atoms with Crippen molar-refractivity contribution < 1.29 is 0 Å². The number of nitrogens with one attached hydrogen (secondary N) is 1. The minimum absolute atomic E-state index is 0.678. The molecule has 0 bridgehead atoms. The number of hydrogen-bond acceptors (Lipinski definition) is 3. The molecule has 2 aromatic rings. The van der Waals surface area contributed by atoms with E-state index in [-0.39, 0.29) is 0 Å². The second-order valence-electron chi connectivity index (χ2n) is 5.32. The highest BCUT2D eigenvalue weighted by Crippen LogP contribution is 2.37. The summed E-state index contributed by atoms with van der Waals surface area (Å²) in [7, 11) is 1.97. The first-order chi connectivity index (χ1) is 10.0. The van der Waals surface area contributed by atoms with Crippen LogP contribution in [-0.2, 0) is 13.6 Å². The Labute approximate surface area is 139 Å².